The number of nitrogens with one attached hydrogen (secondary N) is 1. The van der Waals surface area contributed by atoms with Crippen LogP contribution in [0.15, 0.2) is 42.5 Å². The average Bonchev–Trinajstić information content (AvgIpc) is 2.73. The van der Waals surface area contributed by atoms with Crippen molar-refractivity contribution in [2.24, 2.45) is 0 Å². The van der Waals surface area contributed by atoms with Gasteiger partial charge in [0.2, 0.25) is 5.91 Å². The van der Waals surface area contributed by atoms with Crippen molar-refractivity contribution in [1.29, 1.82) is 0 Å². The van der Waals surface area contributed by atoms with Gasteiger partial charge in [-0.2, -0.15) is 0 Å². The van der Waals surface area contributed by atoms with Crippen LogP contribution in [0, 0.1) is 0 Å². The van der Waals surface area contributed by atoms with Crippen LogP contribution in [-0.4, -0.2) is 72.8 Å². The molecule has 0 unspecified atom stereocenters. The highest BCUT2D eigenvalue weighted by atomic mass is 16.2. The van der Waals surface area contributed by atoms with Crippen molar-refractivity contribution in [1.82, 2.24) is 14.8 Å². The number of hydrogen-bond acceptors (Lipinski definition) is 5. The number of hydrogen-bond donors (Lipinski definition) is 1. The largest absolute Gasteiger partial charge is 0.378 e. The standard InChI is InChI=1S/C21H25N5O3/c1-15(27)25-11-13-26(14-12-25)21(29)19-6-4-5-18(23-19)20(28)22-16-7-9-17(10-8-16)24(2)3/h4-10H,11-14H2,1-3H3,(H,22,28). The minimum atomic E-state index is -0.376. The molecule has 1 aromatic heterocycles. The molecule has 1 aliphatic rings. The Balaban J connectivity index is 1.66. The molecule has 152 valence electrons. The van der Waals surface area contributed by atoms with Crippen LogP contribution >= 0.6 is 0 Å². The van der Waals surface area contributed by atoms with Crippen molar-refractivity contribution in [3.05, 3.63) is 53.9 Å². The van der Waals surface area contributed by atoms with Gasteiger partial charge in [0, 0.05) is 58.6 Å². The summed E-state index contributed by atoms with van der Waals surface area (Å²) in [5.74, 6) is -0.607. The molecule has 8 nitrogen and oxygen atoms in total. The normalized spacial score (nSPS) is 13.8. The first-order valence-electron chi connectivity index (χ1n) is 9.46. The summed E-state index contributed by atoms with van der Waals surface area (Å²) in [6.45, 7) is 3.44. The maximum atomic E-state index is 12.7. The summed E-state index contributed by atoms with van der Waals surface area (Å²) in [7, 11) is 3.89. The Labute approximate surface area is 170 Å². The quantitative estimate of drug-likeness (QED) is 0.852. The van der Waals surface area contributed by atoms with Crippen molar-refractivity contribution in [2.75, 3.05) is 50.5 Å². The fraction of sp³-hybridized carbons (Fsp3) is 0.333. The number of benzene rings is 1. The van der Waals surface area contributed by atoms with E-state index in [1.165, 1.54) is 6.92 Å². The second kappa shape index (κ2) is 8.72. The highest BCUT2D eigenvalue weighted by Crippen LogP contribution is 2.16. The van der Waals surface area contributed by atoms with E-state index in [-0.39, 0.29) is 29.1 Å². The summed E-state index contributed by atoms with van der Waals surface area (Å²) in [6.07, 6.45) is 0. The molecule has 2 aromatic rings. The summed E-state index contributed by atoms with van der Waals surface area (Å²) in [4.78, 5) is 46.3. The van der Waals surface area contributed by atoms with Crippen molar-refractivity contribution in [2.45, 2.75) is 6.92 Å². The molecule has 1 saturated heterocycles. The van der Waals surface area contributed by atoms with Gasteiger partial charge in [0.1, 0.15) is 11.4 Å². The molecule has 0 radical (unpaired) electrons. The molecule has 0 bridgehead atoms. The van der Waals surface area contributed by atoms with Gasteiger partial charge in [-0.1, -0.05) is 6.07 Å². The Morgan fingerprint density at radius 3 is 2.07 bits per heavy atom. The molecule has 1 aromatic carbocycles. The lowest BCUT2D eigenvalue weighted by atomic mass is 10.2. The fourth-order valence-electron chi connectivity index (χ4n) is 3.10. The van der Waals surface area contributed by atoms with Crippen molar-refractivity contribution >= 4 is 29.1 Å². The SMILES string of the molecule is CC(=O)N1CCN(C(=O)c2cccc(C(=O)Nc3ccc(N(C)C)cc3)n2)CC1. The summed E-state index contributed by atoms with van der Waals surface area (Å²) in [5, 5.41) is 2.80. The topological polar surface area (TPSA) is 85.8 Å². The van der Waals surface area contributed by atoms with Gasteiger partial charge in [0.05, 0.1) is 0 Å². The molecule has 1 fully saturated rings. The van der Waals surface area contributed by atoms with E-state index < -0.39 is 0 Å². The summed E-state index contributed by atoms with van der Waals surface area (Å²) < 4.78 is 0. The van der Waals surface area contributed by atoms with Gasteiger partial charge >= 0.3 is 0 Å². The smallest absolute Gasteiger partial charge is 0.274 e. The van der Waals surface area contributed by atoms with Crippen LogP contribution in [0.25, 0.3) is 0 Å². The van der Waals surface area contributed by atoms with Crippen molar-refractivity contribution in [3.63, 3.8) is 0 Å². The van der Waals surface area contributed by atoms with E-state index in [1.807, 2.05) is 43.3 Å². The minimum Gasteiger partial charge on any atom is -0.378 e. The van der Waals surface area contributed by atoms with Crippen LogP contribution in [0.4, 0.5) is 11.4 Å². The first kappa shape index (κ1) is 20.3. The Morgan fingerprint density at radius 2 is 1.48 bits per heavy atom. The Bertz CT molecular complexity index is 903. The second-order valence-electron chi connectivity index (χ2n) is 7.10. The van der Waals surface area contributed by atoms with Gasteiger partial charge in [-0.15, -0.1) is 0 Å². The molecule has 29 heavy (non-hydrogen) atoms. The lowest BCUT2D eigenvalue weighted by Crippen LogP contribution is -2.50. The lowest BCUT2D eigenvalue weighted by Gasteiger charge is -2.34. The zero-order chi connectivity index (χ0) is 21.0. The van der Waals surface area contributed by atoms with Gasteiger partial charge in [-0.05, 0) is 36.4 Å². The summed E-state index contributed by atoms with van der Waals surface area (Å²) in [6, 6.07) is 12.3. The molecule has 3 amide bonds. The lowest BCUT2D eigenvalue weighted by molar-refractivity contribution is -0.130. The van der Waals surface area contributed by atoms with Gasteiger partial charge < -0.3 is 20.0 Å². The van der Waals surface area contributed by atoms with Crippen LogP contribution < -0.4 is 10.2 Å². The molecule has 3 rings (SSSR count). The zero-order valence-electron chi connectivity index (χ0n) is 16.9. The van der Waals surface area contributed by atoms with Crippen LogP contribution in [-0.2, 0) is 4.79 Å². The number of carbonyl (C=O) groups excluding carboxylic acids is 3. The van der Waals surface area contributed by atoms with Gasteiger partial charge in [0.15, 0.2) is 0 Å². The minimum absolute atomic E-state index is 0.00695. The van der Waals surface area contributed by atoms with Crippen molar-refractivity contribution in [3.8, 4) is 0 Å². The van der Waals surface area contributed by atoms with E-state index in [1.54, 1.807) is 28.0 Å². The molecule has 1 aliphatic heterocycles. The van der Waals surface area contributed by atoms with Crippen LogP contribution in [0.1, 0.15) is 27.9 Å². The molecule has 8 heteroatoms. The number of aromatic nitrogens is 1. The third kappa shape index (κ3) is 4.90. The number of amides is 3. The molecule has 0 spiro atoms. The van der Waals surface area contributed by atoms with E-state index in [9.17, 15) is 14.4 Å². The average molecular weight is 395 g/mol. The molecule has 1 N–H and O–H groups in total. The number of rotatable bonds is 4. The first-order chi connectivity index (χ1) is 13.8. The molecular weight excluding hydrogens is 370 g/mol. The number of piperazine rings is 1. The number of carbonyl (C=O) groups is 3. The predicted molar refractivity (Wildman–Crippen MR) is 111 cm³/mol. The molecule has 2 heterocycles. The van der Waals surface area contributed by atoms with Crippen LogP contribution in [0.3, 0.4) is 0 Å². The second-order valence-corrected chi connectivity index (χ2v) is 7.10. The highest BCUT2D eigenvalue weighted by Gasteiger charge is 2.24. The summed E-state index contributed by atoms with van der Waals surface area (Å²) in [5.41, 5.74) is 2.07. The maximum Gasteiger partial charge on any atom is 0.274 e. The highest BCUT2D eigenvalue weighted by molar-refractivity contribution is 6.04. The summed E-state index contributed by atoms with van der Waals surface area (Å²) >= 11 is 0. The third-order valence-electron chi connectivity index (χ3n) is 4.85. The van der Waals surface area contributed by atoms with E-state index in [0.717, 1.165) is 5.69 Å². The van der Waals surface area contributed by atoms with Crippen LogP contribution in [0.2, 0.25) is 0 Å². The van der Waals surface area contributed by atoms with E-state index >= 15 is 0 Å². The Hall–Kier alpha value is -3.42. The van der Waals surface area contributed by atoms with E-state index in [4.69, 9.17) is 0 Å². The molecular formula is C21H25N5O3. The number of pyridine rings is 1. The molecule has 0 saturated carbocycles. The molecule has 0 atom stereocenters. The van der Waals surface area contributed by atoms with E-state index in [0.29, 0.717) is 31.9 Å². The fourth-order valence-corrected chi connectivity index (χ4v) is 3.10. The monoisotopic (exact) mass is 395 g/mol. The third-order valence-corrected chi connectivity index (χ3v) is 4.85. The molecule has 0 aliphatic carbocycles. The Morgan fingerprint density at radius 1 is 0.897 bits per heavy atom. The number of anilines is 2. The van der Waals surface area contributed by atoms with Crippen LogP contribution in [0.5, 0.6) is 0 Å². The Kier molecular flexibility index (Phi) is 6.11. The number of nitrogens with zero attached hydrogens (tertiary/aromatic N) is 4. The van der Waals surface area contributed by atoms with Gasteiger partial charge in [-0.3, -0.25) is 14.4 Å². The van der Waals surface area contributed by atoms with E-state index in [2.05, 4.69) is 10.3 Å². The van der Waals surface area contributed by atoms with Gasteiger partial charge in [0.25, 0.3) is 11.8 Å². The van der Waals surface area contributed by atoms with Gasteiger partial charge in [-0.25, -0.2) is 4.98 Å². The first-order valence-corrected chi connectivity index (χ1v) is 9.46. The van der Waals surface area contributed by atoms with Crippen molar-refractivity contribution < 1.29 is 14.4 Å². The zero-order valence-corrected chi connectivity index (χ0v) is 16.9. The maximum absolute atomic E-state index is 12.7. The predicted octanol–water partition coefficient (Wildman–Crippen LogP) is 1.70.